The van der Waals surface area contributed by atoms with Crippen molar-refractivity contribution in [1.29, 1.82) is 0 Å². The average Bonchev–Trinajstić information content (AvgIpc) is 3.13. The zero-order chi connectivity index (χ0) is 20.2. The van der Waals surface area contributed by atoms with Gasteiger partial charge >= 0.3 is 0 Å². The van der Waals surface area contributed by atoms with Crippen LogP contribution in [0.15, 0.2) is 10.9 Å². The van der Waals surface area contributed by atoms with Crippen molar-refractivity contribution in [2.24, 2.45) is 5.92 Å². The van der Waals surface area contributed by atoms with Gasteiger partial charge in [-0.05, 0) is 39.8 Å². The first-order valence-electron chi connectivity index (χ1n) is 10.6. The molecule has 1 atom stereocenters. The summed E-state index contributed by atoms with van der Waals surface area (Å²) in [6, 6.07) is 0. The minimum absolute atomic E-state index is 0.0161. The Labute approximate surface area is 171 Å². The van der Waals surface area contributed by atoms with Crippen LogP contribution >= 0.6 is 0 Å². The van der Waals surface area contributed by atoms with Crippen molar-refractivity contribution in [1.82, 2.24) is 30.2 Å². The molecule has 1 N–H and O–H groups in total. The predicted molar refractivity (Wildman–Crippen MR) is 111 cm³/mol. The van der Waals surface area contributed by atoms with E-state index in [0.29, 0.717) is 12.3 Å². The molecule has 4 heterocycles. The Morgan fingerprint density at radius 1 is 1.24 bits per heavy atom. The molecule has 4 rings (SSSR count). The third-order valence-electron chi connectivity index (χ3n) is 6.06. The van der Waals surface area contributed by atoms with Crippen LogP contribution in [-0.2, 0) is 4.79 Å². The minimum atomic E-state index is -0.0161. The molecule has 0 spiro atoms. The molecule has 2 aromatic heterocycles. The van der Waals surface area contributed by atoms with Gasteiger partial charge in [0.05, 0.1) is 11.6 Å². The number of nitrogens with one attached hydrogen (secondary N) is 1. The molecular formula is C20H31N7O2. The van der Waals surface area contributed by atoms with Gasteiger partial charge in [-0.25, -0.2) is 4.98 Å². The summed E-state index contributed by atoms with van der Waals surface area (Å²) in [6.45, 7) is 9.74. The van der Waals surface area contributed by atoms with E-state index in [-0.39, 0.29) is 11.8 Å². The number of piperidine rings is 1. The molecule has 2 fully saturated rings. The molecule has 158 valence electrons. The number of amides is 1. The van der Waals surface area contributed by atoms with Crippen molar-refractivity contribution >= 4 is 22.8 Å². The maximum Gasteiger partial charge on any atom is 0.263 e. The van der Waals surface area contributed by atoms with Gasteiger partial charge < -0.3 is 24.5 Å². The van der Waals surface area contributed by atoms with Crippen LogP contribution in [0.3, 0.4) is 0 Å². The Bertz CT molecular complexity index is 831. The molecular weight excluding hydrogens is 370 g/mol. The van der Waals surface area contributed by atoms with E-state index in [1.807, 2.05) is 6.92 Å². The number of anilines is 1. The Hall–Kier alpha value is -2.26. The summed E-state index contributed by atoms with van der Waals surface area (Å²) in [5.74, 6) is 0.958. The van der Waals surface area contributed by atoms with Gasteiger partial charge in [0.25, 0.3) is 5.71 Å². The third kappa shape index (κ3) is 4.67. The van der Waals surface area contributed by atoms with Crippen molar-refractivity contribution in [3.8, 4) is 0 Å². The lowest BCUT2D eigenvalue weighted by Gasteiger charge is -2.33. The normalized spacial score (nSPS) is 21.6. The van der Waals surface area contributed by atoms with Crippen LogP contribution in [0, 0.1) is 12.8 Å². The monoisotopic (exact) mass is 401 g/mol. The first kappa shape index (κ1) is 20.0. The number of hydrogen-bond donors (Lipinski definition) is 1. The lowest BCUT2D eigenvalue weighted by molar-refractivity contribution is -0.125. The van der Waals surface area contributed by atoms with Crippen molar-refractivity contribution in [2.75, 3.05) is 64.3 Å². The van der Waals surface area contributed by atoms with Gasteiger partial charge in [-0.3, -0.25) is 4.79 Å². The van der Waals surface area contributed by atoms with E-state index in [4.69, 9.17) is 4.52 Å². The highest BCUT2D eigenvalue weighted by molar-refractivity contribution is 5.88. The van der Waals surface area contributed by atoms with Crippen LogP contribution in [0.1, 0.15) is 25.0 Å². The molecule has 2 saturated heterocycles. The fraction of sp³-hybridized carbons (Fsp3) is 0.700. The summed E-state index contributed by atoms with van der Waals surface area (Å²) in [7, 11) is 2.17. The fourth-order valence-electron chi connectivity index (χ4n) is 4.26. The quantitative estimate of drug-likeness (QED) is 0.714. The van der Waals surface area contributed by atoms with Crippen molar-refractivity contribution in [3.05, 3.63) is 12.0 Å². The molecule has 0 bridgehead atoms. The van der Waals surface area contributed by atoms with E-state index >= 15 is 0 Å². The van der Waals surface area contributed by atoms with Gasteiger partial charge in [0.15, 0.2) is 0 Å². The van der Waals surface area contributed by atoms with E-state index in [0.717, 1.165) is 82.0 Å². The number of nitrogens with zero attached hydrogens (tertiary/aromatic N) is 6. The number of fused-ring (bicyclic) bond motifs is 1. The first-order valence-corrected chi connectivity index (χ1v) is 10.6. The molecule has 0 saturated carbocycles. The summed E-state index contributed by atoms with van der Waals surface area (Å²) in [5, 5.41) is 8.01. The topological polar surface area (TPSA) is 90.6 Å². The Kier molecular flexibility index (Phi) is 6.25. The van der Waals surface area contributed by atoms with E-state index in [9.17, 15) is 4.79 Å². The minimum Gasteiger partial charge on any atom is -0.356 e. The summed E-state index contributed by atoms with van der Waals surface area (Å²) < 4.78 is 5.26. The van der Waals surface area contributed by atoms with Gasteiger partial charge in [0.1, 0.15) is 17.5 Å². The summed E-state index contributed by atoms with van der Waals surface area (Å²) >= 11 is 0. The number of likely N-dealkylation sites (N-methyl/N-ethyl adjacent to an activating group) is 1. The Balaban J connectivity index is 1.28. The lowest BCUT2D eigenvalue weighted by atomic mass is 9.97. The third-order valence-corrected chi connectivity index (χ3v) is 6.06. The van der Waals surface area contributed by atoms with E-state index in [2.05, 4.69) is 42.2 Å². The van der Waals surface area contributed by atoms with Gasteiger partial charge in [-0.2, -0.15) is 4.98 Å². The SMILES string of the molecule is Cc1noc2ncnc(N3CCCC(C(=O)NCCCN4CCN(C)CC4)C3)c12. The molecule has 2 aromatic rings. The smallest absolute Gasteiger partial charge is 0.263 e. The summed E-state index contributed by atoms with van der Waals surface area (Å²) in [4.78, 5) is 28.4. The Morgan fingerprint density at radius 2 is 2.07 bits per heavy atom. The van der Waals surface area contributed by atoms with Gasteiger partial charge in [0, 0.05) is 45.8 Å². The van der Waals surface area contributed by atoms with Crippen LogP contribution in [0.5, 0.6) is 0 Å². The van der Waals surface area contributed by atoms with Crippen LogP contribution in [-0.4, -0.2) is 90.2 Å². The highest BCUT2D eigenvalue weighted by atomic mass is 16.5. The van der Waals surface area contributed by atoms with Crippen LogP contribution in [0.2, 0.25) is 0 Å². The van der Waals surface area contributed by atoms with Gasteiger partial charge in [-0.15, -0.1) is 0 Å². The van der Waals surface area contributed by atoms with Crippen LogP contribution in [0.25, 0.3) is 11.1 Å². The number of piperazine rings is 1. The van der Waals surface area contributed by atoms with Crippen molar-refractivity contribution < 1.29 is 9.32 Å². The van der Waals surface area contributed by atoms with Gasteiger partial charge in [0.2, 0.25) is 5.91 Å². The van der Waals surface area contributed by atoms with Crippen molar-refractivity contribution in [3.63, 3.8) is 0 Å². The number of aryl methyl sites for hydroxylation is 1. The second-order valence-electron chi connectivity index (χ2n) is 8.22. The highest BCUT2D eigenvalue weighted by Gasteiger charge is 2.28. The molecule has 9 nitrogen and oxygen atoms in total. The number of hydrogen-bond acceptors (Lipinski definition) is 8. The van der Waals surface area contributed by atoms with E-state index in [1.165, 1.54) is 6.33 Å². The number of carbonyl (C=O) groups excluding carboxylic acids is 1. The number of carbonyl (C=O) groups is 1. The van der Waals surface area contributed by atoms with Crippen LogP contribution in [0.4, 0.5) is 5.82 Å². The molecule has 0 radical (unpaired) electrons. The predicted octanol–water partition coefficient (Wildman–Crippen LogP) is 0.896. The maximum absolute atomic E-state index is 12.7. The zero-order valence-corrected chi connectivity index (χ0v) is 17.4. The second kappa shape index (κ2) is 9.04. The average molecular weight is 402 g/mol. The summed E-state index contributed by atoms with van der Waals surface area (Å²) in [6.07, 6.45) is 4.38. The molecule has 1 unspecified atom stereocenters. The molecule has 2 aliphatic heterocycles. The number of rotatable bonds is 6. The number of aromatic nitrogens is 3. The largest absolute Gasteiger partial charge is 0.356 e. The van der Waals surface area contributed by atoms with Gasteiger partial charge in [-0.1, -0.05) is 5.16 Å². The van der Waals surface area contributed by atoms with Crippen LogP contribution < -0.4 is 10.2 Å². The fourth-order valence-corrected chi connectivity index (χ4v) is 4.26. The lowest BCUT2D eigenvalue weighted by Crippen LogP contribution is -2.46. The van der Waals surface area contributed by atoms with E-state index in [1.54, 1.807) is 0 Å². The molecule has 29 heavy (non-hydrogen) atoms. The first-order chi connectivity index (χ1) is 14.1. The molecule has 1 amide bonds. The standard InChI is InChI=1S/C20H31N7O2/c1-15-17-18(22-14-23-20(17)29-24-15)27-8-3-5-16(13-27)19(28)21-6-4-7-26-11-9-25(2)10-12-26/h14,16H,3-13H2,1-2H3,(H,21,28). The molecule has 0 aliphatic carbocycles. The molecule has 9 heteroatoms. The second-order valence-corrected chi connectivity index (χ2v) is 8.22. The zero-order valence-electron chi connectivity index (χ0n) is 17.4. The Morgan fingerprint density at radius 3 is 2.90 bits per heavy atom. The van der Waals surface area contributed by atoms with E-state index < -0.39 is 0 Å². The molecule has 2 aliphatic rings. The maximum atomic E-state index is 12.7. The highest BCUT2D eigenvalue weighted by Crippen LogP contribution is 2.29. The molecule has 0 aromatic carbocycles. The van der Waals surface area contributed by atoms with Crippen molar-refractivity contribution in [2.45, 2.75) is 26.2 Å². The summed E-state index contributed by atoms with van der Waals surface area (Å²) in [5.41, 5.74) is 1.29.